The normalized spacial score (nSPS) is 11.5. The van der Waals surface area contributed by atoms with Crippen molar-refractivity contribution in [3.63, 3.8) is 0 Å². The Morgan fingerprint density at radius 1 is 1.12 bits per heavy atom. The Kier molecular flexibility index (Phi) is 5.84. The van der Waals surface area contributed by atoms with E-state index in [2.05, 4.69) is 5.32 Å². The number of halogens is 2. The molecule has 0 atom stereocenters. The van der Waals surface area contributed by atoms with Gasteiger partial charge in [-0.2, -0.15) is 0 Å². The molecule has 0 aromatic heterocycles. The van der Waals surface area contributed by atoms with E-state index in [1.165, 1.54) is 56.6 Å². The molecular formula is C15H14Cl2N2O4S. The van der Waals surface area contributed by atoms with E-state index in [4.69, 9.17) is 28.0 Å². The first kappa shape index (κ1) is 18.7. The minimum atomic E-state index is -3.84. The quantitative estimate of drug-likeness (QED) is 0.796. The van der Waals surface area contributed by atoms with Crippen LogP contribution in [-0.4, -0.2) is 33.0 Å². The molecule has 1 amide bonds. The number of carbonyl (C=O) groups excluding carboxylic acids is 1. The fraction of sp³-hybridized carbons (Fsp3) is 0.133. The van der Waals surface area contributed by atoms with Crippen molar-refractivity contribution < 1.29 is 18.0 Å². The number of nitrogens with zero attached hydrogens (tertiary/aromatic N) is 1. The summed E-state index contributed by atoms with van der Waals surface area (Å²) in [5.41, 5.74) is 0.566. The summed E-state index contributed by atoms with van der Waals surface area (Å²) in [4.78, 5) is 17.0. The number of hydrogen-bond donors (Lipinski definition) is 1. The van der Waals surface area contributed by atoms with Gasteiger partial charge in [0.25, 0.3) is 15.9 Å². The van der Waals surface area contributed by atoms with Crippen molar-refractivity contribution >= 4 is 44.8 Å². The fourth-order valence-corrected chi connectivity index (χ4v) is 3.42. The van der Waals surface area contributed by atoms with E-state index >= 15 is 0 Å². The van der Waals surface area contributed by atoms with Gasteiger partial charge in [0, 0.05) is 28.3 Å². The van der Waals surface area contributed by atoms with Crippen molar-refractivity contribution in [1.82, 2.24) is 4.47 Å². The molecule has 2 aromatic carbocycles. The highest BCUT2D eigenvalue weighted by molar-refractivity contribution is 7.89. The van der Waals surface area contributed by atoms with Crippen molar-refractivity contribution in [1.29, 1.82) is 0 Å². The number of amides is 1. The predicted molar refractivity (Wildman–Crippen MR) is 92.8 cm³/mol. The molecule has 6 nitrogen and oxygen atoms in total. The monoisotopic (exact) mass is 388 g/mol. The van der Waals surface area contributed by atoms with Crippen LogP contribution in [0.2, 0.25) is 10.0 Å². The van der Waals surface area contributed by atoms with E-state index in [0.717, 1.165) is 0 Å². The van der Waals surface area contributed by atoms with Crippen LogP contribution in [0.1, 0.15) is 10.4 Å². The average Bonchev–Trinajstić information content (AvgIpc) is 2.53. The number of hydrogen-bond acceptors (Lipinski definition) is 4. The Balaban J connectivity index is 2.29. The van der Waals surface area contributed by atoms with E-state index in [-0.39, 0.29) is 10.5 Å². The van der Waals surface area contributed by atoms with Crippen LogP contribution in [-0.2, 0) is 14.9 Å². The van der Waals surface area contributed by atoms with Gasteiger partial charge in [0.05, 0.1) is 12.0 Å². The van der Waals surface area contributed by atoms with Gasteiger partial charge < -0.3 is 5.32 Å². The molecule has 0 unspecified atom stereocenters. The molecule has 2 aromatic rings. The van der Waals surface area contributed by atoms with Crippen molar-refractivity contribution in [3.8, 4) is 0 Å². The molecule has 0 bridgehead atoms. The van der Waals surface area contributed by atoms with Crippen molar-refractivity contribution in [2.24, 2.45) is 0 Å². The second kappa shape index (κ2) is 7.50. The first-order valence-corrected chi connectivity index (χ1v) is 8.84. The molecule has 0 saturated heterocycles. The molecule has 0 aliphatic heterocycles. The molecule has 0 aliphatic carbocycles. The highest BCUT2D eigenvalue weighted by atomic mass is 35.5. The van der Waals surface area contributed by atoms with E-state index in [1.807, 2.05) is 0 Å². The van der Waals surface area contributed by atoms with Crippen LogP contribution in [0.15, 0.2) is 47.4 Å². The zero-order chi connectivity index (χ0) is 17.9. The maximum absolute atomic E-state index is 12.3. The van der Waals surface area contributed by atoms with Crippen LogP contribution in [0, 0.1) is 0 Å². The number of carbonyl (C=O) groups is 1. The number of sulfonamides is 1. The lowest BCUT2D eigenvalue weighted by molar-refractivity contribution is -0.0258. The summed E-state index contributed by atoms with van der Waals surface area (Å²) >= 11 is 11.8. The minimum absolute atomic E-state index is 0.0661. The van der Waals surface area contributed by atoms with Crippen molar-refractivity contribution in [2.45, 2.75) is 4.90 Å². The lowest BCUT2D eigenvalue weighted by Gasteiger charge is -2.14. The Morgan fingerprint density at radius 2 is 1.75 bits per heavy atom. The van der Waals surface area contributed by atoms with E-state index < -0.39 is 15.9 Å². The van der Waals surface area contributed by atoms with Gasteiger partial charge in [-0.05, 0) is 36.4 Å². The standard InChI is InChI=1S/C15H14Cl2N2O4S/c1-19(23-2)24(21,22)14-5-3-4-10(6-14)15(20)18-13-8-11(16)7-12(17)9-13/h3-9H,1-2H3,(H,18,20). The smallest absolute Gasteiger partial charge is 0.264 e. The molecule has 9 heteroatoms. The van der Waals surface area contributed by atoms with Gasteiger partial charge >= 0.3 is 0 Å². The van der Waals surface area contributed by atoms with Gasteiger partial charge in [0.15, 0.2) is 0 Å². The Hall–Kier alpha value is -1.64. The van der Waals surface area contributed by atoms with Crippen LogP contribution in [0.3, 0.4) is 0 Å². The van der Waals surface area contributed by atoms with Crippen molar-refractivity contribution in [3.05, 3.63) is 58.1 Å². The number of benzene rings is 2. The van der Waals surface area contributed by atoms with E-state index in [1.54, 1.807) is 0 Å². The van der Waals surface area contributed by atoms with Gasteiger partial charge in [-0.3, -0.25) is 9.63 Å². The summed E-state index contributed by atoms with van der Waals surface area (Å²) in [5.74, 6) is -0.495. The van der Waals surface area contributed by atoms with Gasteiger partial charge in [0.1, 0.15) is 0 Å². The summed E-state index contributed by atoms with van der Waals surface area (Å²) in [7, 11) is -1.35. The molecule has 0 spiro atoms. The number of rotatable bonds is 5. The Morgan fingerprint density at radius 3 is 2.33 bits per heavy atom. The topological polar surface area (TPSA) is 75.7 Å². The largest absolute Gasteiger partial charge is 0.322 e. The third kappa shape index (κ3) is 4.25. The van der Waals surface area contributed by atoms with Crippen LogP contribution in [0.5, 0.6) is 0 Å². The average molecular weight is 389 g/mol. The maximum Gasteiger partial charge on any atom is 0.264 e. The lowest BCUT2D eigenvalue weighted by Crippen LogP contribution is -2.26. The second-order valence-corrected chi connectivity index (χ2v) is 7.55. The zero-order valence-corrected chi connectivity index (χ0v) is 15.1. The predicted octanol–water partition coefficient (Wildman–Crippen LogP) is 3.43. The van der Waals surface area contributed by atoms with Gasteiger partial charge in [-0.1, -0.05) is 33.7 Å². The number of anilines is 1. The van der Waals surface area contributed by atoms with Crippen LogP contribution >= 0.6 is 23.2 Å². The number of nitrogens with one attached hydrogen (secondary N) is 1. The first-order valence-electron chi connectivity index (χ1n) is 6.64. The molecular weight excluding hydrogens is 375 g/mol. The Labute approximate surface area is 149 Å². The maximum atomic E-state index is 12.3. The summed E-state index contributed by atoms with van der Waals surface area (Å²) in [6.45, 7) is 0. The summed E-state index contributed by atoms with van der Waals surface area (Å²) < 4.78 is 25.1. The molecule has 0 aliphatic rings. The minimum Gasteiger partial charge on any atom is -0.322 e. The van der Waals surface area contributed by atoms with Crippen LogP contribution in [0.25, 0.3) is 0 Å². The highest BCUT2D eigenvalue weighted by Gasteiger charge is 2.22. The third-order valence-electron chi connectivity index (χ3n) is 3.11. The van der Waals surface area contributed by atoms with Gasteiger partial charge in [-0.25, -0.2) is 8.42 Å². The Bertz CT molecular complexity index is 851. The van der Waals surface area contributed by atoms with Crippen LogP contribution in [0.4, 0.5) is 5.69 Å². The molecule has 2 rings (SSSR count). The summed E-state index contributed by atoms with van der Waals surface area (Å²) in [6.07, 6.45) is 0. The molecule has 0 fully saturated rings. The van der Waals surface area contributed by atoms with Gasteiger partial charge in [-0.15, -0.1) is 0 Å². The summed E-state index contributed by atoms with van der Waals surface area (Å²) in [6, 6.07) is 10.2. The van der Waals surface area contributed by atoms with E-state index in [0.29, 0.717) is 20.2 Å². The second-order valence-electron chi connectivity index (χ2n) is 4.74. The molecule has 0 heterocycles. The van der Waals surface area contributed by atoms with Gasteiger partial charge in [0.2, 0.25) is 0 Å². The lowest BCUT2D eigenvalue weighted by atomic mass is 10.2. The number of hydroxylamine groups is 1. The third-order valence-corrected chi connectivity index (χ3v) is 5.22. The SMILES string of the molecule is CON(C)S(=O)(=O)c1cccc(C(=O)Nc2cc(Cl)cc(Cl)c2)c1. The molecule has 1 N–H and O–H groups in total. The van der Waals surface area contributed by atoms with Crippen molar-refractivity contribution in [2.75, 3.05) is 19.5 Å². The summed E-state index contributed by atoms with van der Waals surface area (Å²) in [5, 5.41) is 3.36. The molecule has 0 saturated carbocycles. The molecule has 24 heavy (non-hydrogen) atoms. The molecule has 128 valence electrons. The zero-order valence-electron chi connectivity index (χ0n) is 12.8. The molecule has 0 radical (unpaired) electrons. The highest BCUT2D eigenvalue weighted by Crippen LogP contribution is 2.23. The fourth-order valence-electron chi connectivity index (χ4n) is 1.87. The first-order chi connectivity index (χ1) is 11.2. The van der Waals surface area contributed by atoms with E-state index in [9.17, 15) is 13.2 Å². The van der Waals surface area contributed by atoms with Crippen LogP contribution < -0.4 is 5.32 Å².